The van der Waals surface area contributed by atoms with Gasteiger partial charge in [0.1, 0.15) is 8.07 Å². The molecule has 0 saturated heterocycles. The van der Waals surface area contributed by atoms with Crippen molar-refractivity contribution in [2.75, 3.05) is 0 Å². The molecule has 0 rings (SSSR count). The number of rotatable bonds is 1. The lowest BCUT2D eigenvalue weighted by molar-refractivity contribution is -0.162. The molecule has 0 aromatic carbocycles. The van der Waals surface area contributed by atoms with E-state index in [-0.39, 0.29) is 0 Å². The van der Waals surface area contributed by atoms with E-state index >= 15 is 0 Å². The maximum Gasteiger partial charge on any atom is 0.444 e. The summed E-state index contributed by atoms with van der Waals surface area (Å²) >= 11 is 0. The van der Waals surface area contributed by atoms with Crippen LogP contribution in [-0.4, -0.2) is 19.7 Å². The van der Waals surface area contributed by atoms with Crippen molar-refractivity contribution in [3.05, 3.63) is 0 Å². The maximum absolute atomic E-state index is 11.6. The van der Waals surface area contributed by atoms with Crippen LogP contribution >= 0.6 is 0 Å². The Hall–Kier alpha value is -0.323. The van der Waals surface area contributed by atoms with Crippen LogP contribution in [0.1, 0.15) is 0 Å². The summed E-state index contributed by atoms with van der Waals surface area (Å²) in [4.78, 5) is 10.4. The summed E-state index contributed by atoms with van der Waals surface area (Å²) in [5.74, 6) is 0. The van der Waals surface area contributed by atoms with Crippen molar-refractivity contribution in [1.29, 1.82) is 0 Å². The summed E-state index contributed by atoms with van der Waals surface area (Å²) in [6.07, 6.45) is -4.63. The van der Waals surface area contributed by atoms with Gasteiger partial charge in [0.2, 0.25) is 5.41 Å². The van der Waals surface area contributed by atoms with E-state index in [1.807, 2.05) is 0 Å². The molecule has 0 amide bonds. The average molecular weight is 170 g/mol. The third-order valence-electron chi connectivity index (χ3n) is 0.939. The molecule has 0 atom stereocenters. The molecule has 0 heterocycles. The number of carbonyl (C=O) groups excluding carboxylic acids is 1. The smallest absolute Gasteiger partial charge is 0.296 e. The molecule has 10 heavy (non-hydrogen) atoms. The Morgan fingerprint density at radius 1 is 1.20 bits per heavy atom. The SMILES string of the molecule is C[Si](C)(C)C(=O)C(F)(F)F. The van der Waals surface area contributed by atoms with Gasteiger partial charge in [-0.1, -0.05) is 19.6 Å². The summed E-state index contributed by atoms with van der Waals surface area (Å²) in [5.41, 5.74) is 0. The van der Waals surface area contributed by atoms with Crippen LogP contribution in [0.15, 0.2) is 0 Å². The first kappa shape index (κ1) is 9.68. The van der Waals surface area contributed by atoms with E-state index < -0.39 is 19.7 Å². The first-order chi connectivity index (χ1) is 4.15. The maximum atomic E-state index is 11.6. The number of carbonyl (C=O) groups is 1. The van der Waals surface area contributed by atoms with E-state index in [1.54, 1.807) is 0 Å². The van der Waals surface area contributed by atoms with Gasteiger partial charge in [-0.05, 0) is 0 Å². The van der Waals surface area contributed by atoms with Gasteiger partial charge in [0.15, 0.2) is 0 Å². The molecule has 0 unspecified atom stereocenters. The molecule has 60 valence electrons. The molecule has 0 aliphatic carbocycles. The van der Waals surface area contributed by atoms with Gasteiger partial charge in [0.25, 0.3) is 0 Å². The van der Waals surface area contributed by atoms with Crippen LogP contribution < -0.4 is 0 Å². The van der Waals surface area contributed by atoms with Crippen molar-refractivity contribution in [1.82, 2.24) is 0 Å². The largest absolute Gasteiger partial charge is 0.444 e. The molecule has 0 N–H and O–H groups in total. The Balaban J connectivity index is 4.40. The van der Waals surface area contributed by atoms with Gasteiger partial charge in [-0.25, -0.2) is 0 Å². The second kappa shape index (κ2) is 2.37. The minimum Gasteiger partial charge on any atom is -0.296 e. The van der Waals surface area contributed by atoms with Gasteiger partial charge < -0.3 is 0 Å². The Morgan fingerprint density at radius 2 is 1.50 bits per heavy atom. The van der Waals surface area contributed by atoms with Crippen molar-refractivity contribution in [2.24, 2.45) is 0 Å². The minimum atomic E-state index is -4.63. The highest BCUT2D eigenvalue weighted by molar-refractivity contribution is 7.04. The zero-order valence-electron chi connectivity index (χ0n) is 6.04. The van der Waals surface area contributed by atoms with E-state index in [2.05, 4.69) is 0 Å². The molecular formula is C5H9F3OSi. The van der Waals surface area contributed by atoms with Crippen LogP contribution in [0.3, 0.4) is 0 Å². The molecule has 0 aromatic rings. The highest BCUT2D eigenvalue weighted by Gasteiger charge is 2.45. The predicted molar refractivity (Wildman–Crippen MR) is 34.4 cm³/mol. The van der Waals surface area contributed by atoms with Gasteiger partial charge >= 0.3 is 6.18 Å². The molecule has 0 aliphatic rings. The number of hydrogen-bond acceptors (Lipinski definition) is 1. The fourth-order valence-corrected chi connectivity index (χ4v) is 1.28. The second-order valence-corrected chi connectivity index (χ2v) is 8.03. The molecule has 0 aromatic heterocycles. The third-order valence-corrected chi connectivity index (χ3v) is 2.58. The van der Waals surface area contributed by atoms with Crippen molar-refractivity contribution in [3.8, 4) is 0 Å². The van der Waals surface area contributed by atoms with Crippen molar-refractivity contribution in [2.45, 2.75) is 25.8 Å². The standard InChI is InChI=1S/C5H9F3OSi/c1-10(2,3)4(9)5(6,7)8/h1-3H3. The fourth-order valence-electron chi connectivity index (χ4n) is 0.425. The van der Waals surface area contributed by atoms with Crippen LogP contribution in [0.5, 0.6) is 0 Å². The van der Waals surface area contributed by atoms with E-state index in [4.69, 9.17) is 0 Å². The normalized spacial score (nSPS) is 13.4. The third kappa shape index (κ3) is 2.51. The Kier molecular flexibility index (Phi) is 2.30. The zero-order chi connectivity index (χ0) is 8.58. The fraction of sp³-hybridized carbons (Fsp3) is 0.800. The Bertz CT molecular complexity index is 128. The molecule has 0 saturated carbocycles. The predicted octanol–water partition coefficient (Wildman–Crippen LogP) is 2.00. The molecule has 0 bridgehead atoms. The first-order valence-corrected chi connectivity index (χ1v) is 6.27. The summed E-state index contributed by atoms with van der Waals surface area (Å²) in [6, 6.07) is 0. The first-order valence-electron chi connectivity index (χ1n) is 2.77. The van der Waals surface area contributed by atoms with E-state index in [0.29, 0.717) is 0 Å². The zero-order valence-corrected chi connectivity index (χ0v) is 7.04. The Morgan fingerprint density at radius 3 is 1.50 bits per heavy atom. The lowest BCUT2D eigenvalue weighted by Crippen LogP contribution is -2.43. The average Bonchev–Trinajstić information content (AvgIpc) is 1.59. The molecule has 0 aliphatic heterocycles. The van der Waals surface area contributed by atoms with Gasteiger partial charge in [-0.2, -0.15) is 13.2 Å². The van der Waals surface area contributed by atoms with Gasteiger partial charge in [0.05, 0.1) is 0 Å². The monoisotopic (exact) mass is 170 g/mol. The van der Waals surface area contributed by atoms with E-state index in [0.717, 1.165) is 0 Å². The highest BCUT2D eigenvalue weighted by atomic mass is 28.3. The van der Waals surface area contributed by atoms with Gasteiger partial charge in [-0.3, -0.25) is 4.79 Å². The van der Waals surface area contributed by atoms with Crippen molar-refractivity contribution < 1.29 is 18.0 Å². The second-order valence-electron chi connectivity index (χ2n) is 3.08. The van der Waals surface area contributed by atoms with Crippen molar-refractivity contribution >= 4 is 13.5 Å². The lowest BCUT2D eigenvalue weighted by atomic mass is 10.7. The van der Waals surface area contributed by atoms with Crippen LogP contribution in [-0.2, 0) is 4.79 Å². The van der Waals surface area contributed by atoms with Crippen LogP contribution in [0.4, 0.5) is 13.2 Å². The number of alkyl halides is 3. The van der Waals surface area contributed by atoms with E-state index in [1.165, 1.54) is 19.6 Å². The van der Waals surface area contributed by atoms with Gasteiger partial charge in [0, 0.05) is 0 Å². The molecule has 5 heteroatoms. The lowest BCUT2D eigenvalue weighted by Gasteiger charge is -2.15. The summed E-state index contributed by atoms with van der Waals surface area (Å²) in [6.45, 7) is 4.13. The topological polar surface area (TPSA) is 17.1 Å². The van der Waals surface area contributed by atoms with E-state index in [9.17, 15) is 18.0 Å². The number of hydrogen-bond donors (Lipinski definition) is 0. The molecule has 0 spiro atoms. The highest BCUT2D eigenvalue weighted by Crippen LogP contribution is 2.21. The van der Waals surface area contributed by atoms with Crippen molar-refractivity contribution in [3.63, 3.8) is 0 Å². The van der Waals surface area contributed by atoms with Gasteiger partial charge in [-0.15, -0.1) is 0 Å². The minimum absolute atomic E-state index is 1.38. The summed E-state index contributed by atoms with van der Waals surface area (Å²) < 4.78 is 34.9. The Labute approximate surface area is 58.2 Å². The molecular weight excluding hydrogens is 161 g/mol. The van der Waals surface area contributed by atoms with Crippen LogP contribution in [0.2, 0.25) is 19.6 Å². The number of halogens is 3. The quantitative estimate of drug-likeness (QED) is 0.550. The van der Waals surface area contributed by atoms with Crippen LogP contribution in [0, 0.1) is 0 Å². The summed E-state index contributed by atoms with van der Waals surface area (Å²) in [5, 5.41) is -1.54. The van der Waals surface area contributed by atoms with Crippen LogP contribution in [0.25, 0.3) is 0 Å². The summed E-state index contributed by atoms with van der Waals surface area (Å²) in [7, 11) is -2.66. The molecule has 0 radical (unpaired) electrons. The molecule has 1 nitrogen and oxygen atoms in total. The molecule has 0 fully saturated rings.